The van der Waals surface area contributed by atoms with Crippen molar-refractivity contribution in [2.75, 3.05) is 0 Å². The van der Waals surface area contributed by atoms with Gasteiger partial charge in [0.2, 0.25) is 11.7 Å². The van der Waals surface area contributed by atoms with E-state index in [0.29, 0.717) is 4.88 Å². The molecule has 2 heterocycles. The summed E-state index contributed by atoms with van der Waals surface area (Å²) in [6, 6.07) is 1.87. The van der Waals surface area contributed by atoms with Crippen LogP contribution in [0.15, 0.2) is 10.5 Å². The van der Waals surface area contributed by atoms with E-state index in [4.69, 9.17) is 9.52 Å². The number of carbonyl (C=O) groups is 1. The smallest absolute Gasteiger partial charge is 0.374 e. The number of nitrogens with zero attached hydrogens (tertiary/aromatic N) is 1. The molecule has 1 N–H and O–H groups in total. The SMILES string of the molecule is O=C(O)c1oc(-c2cc3c(s2)CCCC3)nc1C(F)F. The number of hydrogen-bond acceptors (Lipinski definition) is 4. The van der Waals surface area contributed by atoms with Gasteiger partial charge in [-0.3, -0.25) is 0 Å². The van der Waals surface area contributed by atoms with Crippen molar-refractivity contribution in [2.45, 2.75) is 32.1 Å². The van der Waals surface area contributed by atoms with Gasteiger partial charge in [0.05, 0.1) is 4.88 Å². The van der Waals surface area contributed by atoms with Gasteiger partial charge in [-0.25, -0.2) is 18.6 Å². The van der Waals surface area contributed by atoms with Crippen LogP contribution in [0.4, 0.5) is 8.78 Å². The Balaban J connectivity index is 2.04. The van der Waals surface area contributed by atoms with Crippen molar-refractivity contribution < 1.29 is 23.1 Å². The summed E-state index contributed by atoms with van der Waals surface area (Å²) in [5, 5.41) is 8.87. The van der Waals surface area contributed by atoms with Crippen molar-refractivity contribution in [1.29, 1.82) is 0 Å². The predicted octanol–water partition coefficient (Wildman–Crippen LogP) is 3.92. The summed E-state index contributed by atoms with van der Waals surface area (Å²) >= 11 is 1.44. The number of oxazole rings is 1. The Morgan fingerprint density at radius 3 is 2.75 bits per heavy atom. The Bertz CT molecular complexity index is 639. The van der Waals surface area contributed by atoms with Gasteiger partial charge in [-0.05, 0) is 37.3 Å². The Kier molecular flexibility index (Phi) is 3.29. The van der Waals surface area contributed by atoms with Crippen LogP contribution in [0.3, 0.4) is 0 Å². The third-order valence-electron chi connectivity index (χ3n) is 3.26. The lowest BCUT2D eigenvalue weighted by molar-refractivity contribution is 0.0647. The lowest BCUT2D eigenvalue weighted by Gasteiger charge is -2.08. The van der Waals surface area contributed by atoms with Gasteiger partial charge in [0.1, 0.15) is 0 Å². The normalized spacial score (nSPS) is 14.6. The zero-order valence-electron chi connectivity index (χ0n) is 10.4. The fraction of sp³-hybridized carbons (Fsp3) is 0.385. The molecule has 3 rings (SSSR count). The molecule has 7 heteroatoms. The Morgan fingerprint density at radius 1 is 1.40 bits per heavy atom. The summed E-state index contributed by atoms with van der Waals surface area (Å²) < 4.78 is 30.5. The molecule has 0 saturated carbocycles. The zero-order valence-corrected chi connectivity index (χ0v) is 11.2. The second-order valence-electron chi connectivity index (χ2n) is 4.61. The van der Waals surface area contributed by atoms with E-state index in [1.165, 1.54) is 21.8 Å². The van der Waals surface area contributed by atoms with Gasteiger partial charge in [0.25, 0.3) is 6.43 Å². The molecule has 0 unspecified atom stereocenters. The fourth-order valence-corrected chi connectivity index (χ4v) is 3.51. The maximum atomic E-state index is 12.8. The first kappa shape index (κ1) is 13.2. The molecule has 20 heavy (non-hydrogen) atoms. The number of alkyl halides is 2. The number of hydrogen-bond donors (Lipinski definition) is 1. The van der Waals surface area contributed by atoms with E-state index in [-0.39, 0.29) is 5.89 Å². The Hall–Kier alpha value is -1.76. The molecule has 0 amide bonds. The molecule has 0 aromatic carbocycles. The molecule has 0 atom stereocenters. The average Bonchev–Trinajstić information content (AvgIpc) is 3.02. The molecule has 2 aromatic rings. The number of aromatic nitrogens is 1. The van der Waals surface area contributed by atoms with E-state index in [1.54, 1.807) is 0 Å². The summed E-state index contributed by atoms with van der Waals surface area (Å²) in [6.07, 6.45) is 1.18. The maximum absolute atomic E-state index is 12.8. The highest BCUT2D eigenvalue weighted by Crippen LogP contribution is 2.37. The van der Waals surface area contributed by atoms with Gasteiger partial charge in [-0.15, -0.1) is 11.3 Å². The van der Waals surface area contributed by atoms with E-state index in [1.807, 2.05) is 6.07 Å². The first-order valence-corrected chi connectivity index (χ1v) is 7.02. The van der Waals surface area contributed by atoms with Gasteiger partial charge in [-0.2, -0.15) is 0 Å². The molecule has 0 spiro atoms. The molecule has 0 radical (unpaired) electrons. The van der Waals surface area contributed by atoms with E-state index in [2.05, 4.69) is 4.98 Å². The summed E-state index contributed by atoms with van der Waals surface area (Å²) in [4.78, 5) is 16.4. The number of aryl methyl sites for hydroxylation is 2. The van der Waals surface area contributed by atoms with Gasteiger partial charge in [0.15, 0.2) is 5.69 Å². The highest BCUT2D eigenvalue weighted by Gasteiger charge is 2.28. The van der Waals surface area contributed by atoms with Crippen LogP contribution < -0.4 is 0 Å². The molecule has 1 aliphatic rings. The van der Waals surface area contributed by atoms with E-state index < -0.39 is 23.8 Å². The van der Waals surface area contributed by atoms with Crippen molar-refractivity contribution in [1.82, 2.24) is 4.98 Å². The third-order valence-corrected chi connectivity index (χ3v) is 4.49. The summed E-state index contributed by atoms with van der Waals surface area (Å²) in [7, 11) is 0. The van der Waals surface area contributed by atoms with Gasteiger partial charge < -0.3 is 9.52 Å². The highest BCUT2D eigenvalue weighted by molar-refractivity contribution is 7.15. The van der Waals surface area contributed by atoms with Crippen LogP contribution in [-0.2, 0) is 12.8 Å². The third kappa shape index (κ3) is 2.22. The lowest BCUT2D eigenvalue weighted by Crippen LogP contribution is -1.99. The zero-order chi connectivity index (χ0) is 14.3. The van der Waals surface area contributed by atoms with Crippen molar-refractivity contribution in [3.8, 4) is 10.8 Å². The molecule has 0 aliphatic heterocycles. The molecule has 1 aliphatic carbocycles. The molecule has 0 bridgehead atoms. The van der Waals surface area contributed by atoms with Crippen LogP contribution in [-0.4, -0.2) is 16.1 Å². The van der Waals surface area contributed by atoms with E-state index in [0.717, 1.165) is 25.7 Å². The molecular formula is C13H11F2NO3S. The quantitative estimate of drug-likeness (QED) is 0.933. The molecule has 0 saturated heterocycles. The first-order valence-electron chi connectivity index (χ1n) is 6.20. The summed E-state index contributed by atoms with van der Waals surface area (Å²) in [5.74, 6) is -2.33. The van der Waals surface area contributed by atoms with Gasteiger partial charge in [-0.1, -0.05) is 0 Å². The molecule has 106 valence electrons. The predicted molar refractivity (Wildman–Crippen MR) is 68.4 cm³/mol. The molecule has 2 aromatic heterocycles. The van der Waals surface area contributed by atoms with Crippen LogP contribution in [0.5, 0.6) is 0 Å². The molecule has 4 nitrogen and oxygen atoms in total. The Labute approximate surface area is 117 Å². The number of rotatable bonds is 3. The van der Waals surface area contributed by atoms with Crippen LogP contribution in [0.2, 0.25) is 0 Å². The van der Waals surface area contributed by atoms with Crippen molar-refractivity contribution in [3.05, 3.63) is 28.0 Å². The number of aromatic carboxylic acids is 1. The highest BCUT2D eigenvalue weighted by atomic mass is 32.1. The minimum absolute atomic E-state index is 0.0305. The van der Waals surface area contributed by atoms with Crippen LogP contribution >= 0.6 is 11.3 Å². The summed E-state index contributed by atoms with van der Waals surface area (Å²) in [6.45, 7) is 0. The topological polar surface area (TPSA) is 63.3 Å². The minimum Gasteiger partial charge on any atom is -0.475 e. The van der Waals surface area contributed by atoms with Crippen molar-refractivity contribution in [3.63, 3.8) is 0 Å². The van der Waals surface area contributed by atoms with Crippen LogP contribution in [0.1, 0.15) is 46.0 Å². The first-order chi connectivity index (χ1) is 9.56. The average molecular weight is 299 g/mol. The van der Waals surface area contributed by atoms with Gasteiger partial charge >= 0.3 is 5.97 Å². The second-order valence-corrected chi connectivity index (χ2v) is 5.74. The standard InChI is InChI=1S/C13H11F2NO3S/c14-11(15)9-10(13(17)18)19-12(16-9)8-5-6-3-1-2-4-7(6)20-8/h5,11H,1-4H2,(H,17,18). The van der Waals surface area contributed by atoms with E-state index >= 15 is 0 Å². The van der Waals surface area contributed by atoms with Gasteiger partial charge in [0, 0.05) is 4.88 Å². The maximum Gasteiger partial charge on any atom is 0.374 e. The number of carboxylic acids is 1. The number of halogens is 2. The van der Waals surface area contributed by atoms with Crippen molar-refractivity contribution >= 4 is 17.3 Å². The fourth-order valence-electron chi connectivity index (χ4n) is 2.33. The Morgan fingerprint density at radius 2 is 2.15 bits per heavy atom. The largest absolute Gasteiger partial charge is 0.475 e. The number of thiophene rings is 1. The second kappa shape index (κ2) is 4.97. The number of carboxylic acid groups (broad SMARTS) is 1. The van der Waals surface area contributed by atoms with Crippen LogP contribution in [0, 0.1) is 0 Å². The van der Waals surface area contributed by atoms with Crippen LogP contribution in [0.25, 0.3) is 10.8 Å². The lowest BCUT2D eigenvalue weighted by atomic mass is 9.99. The molecular weight excluding hydrogens is 288 g/mol. The number of fused-ring (bicyclic) bond motifs is 1. The van der Waals surface area contributed by atoms with E-state index in [9.17, 15) is 13.6 Å². The minimum atomic E-state index is -2.96. The molecule has 0 fully saturated rings. The monoisotopic (exact) mass is 299 g/mol. The van der Waals surface area contributed by atoms with Crippen molar-refractivity contribution in [2.24, 2.45) is 0 Å². The summed E-state index contributed by atoms with van der Waals surface area (Å²) in [5.41, 5.74) is 0.379.